The van der Waals surface area contributed by atoms with E-state index in [1.807, 2.05) is 19.1 Å². The van der Waals surface area contributed by atoms with Gasteiger partial charge >= 0.3 is 12.1 Å². The van der Waals surface area contributed by atoms with Gasteiger partial charge in [0.25, 0.3) is 0 Å². The van der Waals surface area contributed by atoms with Crippen LogP contribution in [0.3, 0.4) is 0 Å². The molecule has 0 radical (unpaired) electrons. The van der Waals surface area contributed by atoms with Gasteiger partial charge in [-0.3, -0.25) is 4.89 Å². The Morgan fingerprint density at radius 3 is 2.32 bits per heavy atom. The van der Waals surface area contributed by atoms with Crippen LogP contribution in [0.25, 0.3) is 0 Å². The van der Waals surface area contributed by atoms with Crippen molar-refractivity contribution in [1.82, 2.24) is 0 Å². The second-order valence-corrected chi connectivity index (χ2v) is 5.39. The first-order chi connectivity index (χ1) is 12.2. The number of aryl methyl sites for hydroxylation is 1. The Hall–Kier alpha value is -2.12. The molecular weight excluding hydrogens is 328 g/mol. The topological polar surface area (TPSA) is 80.3 Å². The van der Waals surface area contributed by atoms with Gasteiger partial charge in [0.15, 0.2) is 0 Å². The van der Waals surface area contributed by atoms with Crippen LogP contribution in [0.5, 0.6) is 0 Å². The third kappa shape index (κ3) is 9.69. The van der Waals surface area contributed by atoms with E-state index in [-0.39, 0.29) is 13.2 Å². The molecule has 0 fully saturated rings. The van der Waals surface area contributed by atoms with E-state index in [0.29, 0.717) is 12.2 Å². The molecule has 0 unspecified atom stereocenters. The third-order valence-corrected chi connectivity index (χ3v) is 3.27. The van der Waals surface area contributed by atoms with E-state index >= 15 is 0 Å². The Morgan fingerprint density at radius 2 is 1.64 bits per heavy atom. The second-order valence-electron chi connectivity index (χ2n) is 5.39. The largest absolute Gasteiger partial charge is 0.543 e. The van der Waals surface area contributed by atoms with Gasteiger partial charge in [-0.15, -0.1) is 0 Å². The smallest absolute Gasteiger partial charge is 0.430 e. The molecule has 7 heteroatoms. The normalized spacial score (nSPS) is 10.3. The highest BCUT2D eigenvalue weighted by Crippen LogP contribution is 2.10. The molecule has 0 saturated heterocycles. The summed E-state index contributed by atoms with van der Waals surface area (Å²) in [5.41, 5.74) is 1.44. The lowest BCUT2D eigenvalue weighted by Gasteiger charge is -2.05. The number of carbonyl (C=O) groups is 2. The molecule has 0 aromatic heterocycles. The summed E-state index contributed by atoms with van der Waals surface area (Å²) in [6.07, 6.45) is 4.19. The van der Waals surface area contributed by atoms with Gasteiger partial charge in [-0.05, 0) is 37.0 Å². The highest BCUT2D eigenvalue weighted by molar-refractivity contribution is 5.88. The maximum Gasteiger partial charge on any atom is 0.543 e. The summed E-state index contributed by atoms with van der Waals surface area (Å²) >= 11 is 0. The van der Waals surface area contributed by atoms with E-state index in [1.165, 1.54) is 6.42 Å². The summed E-state index contributed by atoms with van der Waals surface area (Å²) in [4.78, 5) is 31.4. The lowest BCUT2D eigenvalue weighted by atomic mass is 10.1. The molecule has 0 N–H and O–H groups in total. The molecule has 7 nitrogen and oxygen atoms in total. The molecule has 1 rings (SSSR count). The van der Waals surface area contributed by atoms with E-state index in [2.05, 4.69) is 26.5 Å². The van der Waals surface area contributed by atoms with Crippen LogP contribution < -0.4 is 0 Å². The van der Waals surface area contributed by atoms with Crippen LogP contribution in [0, 0.1) is 0 Å². The van der Waals surface area contributed by atoms with Gasteiger partial charge in [0.05, 0.1) is 17.2 Å². The van der Waals surface area contributed by atoms with Gasteiger partial charge in [-0.1, -0.05) is 38.8 Å². The molecule has 0 aliphatic carbocycles. The van der Waals surface area contributed by atoms with Crippen LogP contribution in [-0.4, -0.2) is 31.9 Å². The van der Waals surface area contributed by atoms with Crippen molar-refractivity contribution in [2.45, 2.75) is 46.0 Å². The SMILES string of the molecule is CCCCCc1ccc(C(=O)OOOC(=O)OCCOCCC)cc1. The van der Waals surface area contributed by atoms with Gasteiger partial charge in [0.1, 0.15) is 6.61 Å². The van der Waals surface area contributed by atoms with Crippen LogP contribution in [-0.2, 0) is 30.7 Å². The van der Waals surface area contributed by atoms with E-state index in [1.54, 1.807) is 12.1 Å². The fourth-order valence-corrected chi connectivity index (χ4v) is 1.96. The van der Waals surface area contributed by atoms with Crippen LogP contribution in [0.2, 0.25) is 0 Å². The summed E-state index contributed by atoms with van der Waals surface area (Å²) in [5, 5.41) is 4.13. The van der Waals surface area contributed by atoms with Gasteiger partial charge in [-0.25, -0.2) is 14.5 Å². The predicted octanol–water partition coefficient (Wildman–Crippen LogP) is 4.00. The lowest BCUT2D eigenvalue weighted by molar-refractivity contribution is -0.452. The minimum atomic E-state index is -1.11. The van der Waals surface area contributed by atoms with Crippen LogP contribution in [0.1, 0.15) is 55.5 Å². The third-order valence-electron chi connectivity index (χ3n) is 3.27. The van der Waals surface area contributed by atoms with Gasteiger partial charge in [-0.2, -0.15) is 0 Å². The zero-order valence-corrected chi connectivity index (χ0v) is 14.8. The van der Waals surface area contributed by atoms with E-state index in [4.69, 9.17) is 4.74 Å². The molecule has 0 aliphatic rings. The first-order valence-electron chi connectivity index (χ1n) is 8.56. The number of hydrogen-bond donors (Lipinski definition) is 0. The number of unbranched alkanes of at least 4 members (excludes halogenated alkanes) is 2. The first kappa shape index (κ1) is 20.9. The molecule has 0 saturated carbocycles. The predicted molar refractivity (Wildman–Crippen MR) is 89.7 cm³/mol. The van der Waals surface area contributed by atoms with Crippen molar-refractivity contribution in [3.63, 3.8) is 0 Å². The summed E-state index contributed by atoms with van der Waals surface area (Å²) < 4.78 is 9.75. The maximum atomic E-state index is 11.7. The Labute approximate surface area is 148 Å². The molecule has 0 amide bonds. The minimum Gasteiger partial charge on any atom is -0.430 e. The molecule has 0 atom stereocenters. The molecule has 25 heavy (non-hydrogen) atoms. The average molecular weight is 354 g/mol. The highest BCUT2D eigenvalue weighted by atomic mass is 17.5. The average Bonchev–Trinajstić information content (AvgIpc) is 2.62. The zero-order chi connectivity index (χ0) is 18.3. The summed E-state index contributed by atoms with van der Waals surface area (Å²) in [7, 11) is 0. The number of rotatable bonds is 12. The van der Waals surface area contributed by atoms with Crippen molar-refractivity contribution in [2.24, 2.45) is 0 Å². The van der Waals surface area contributed by atoms with Crippen molar-refractivity contribution in [2.75, 3.05) is 19.8 Å². The maximum absolute atomic E-state index is 11.7. The molecule has 0 spiro atoms. The summed E-state index contributed by atoms with van der Waals surface area (Å²) in [6.45, 7) is 4.99. The van der Waals surface area contributed by atoms with Crippen molar-refractivity contribution in [3.8, 4) is 0 Å². The zero-order valence-electron chi connectivity index (χ0n) is 14.8. The minimum absolute atomic E-state index is 0.0234. The van der Waals surface area contributed by atoms with Crippen molar-refractivity contribution >= 4 is 12.1 Å². The lowest BCUT2D eigenvalue weighted by Crippen LogP contribution is -2.14. The Balaban J connectivity index is 2.19. The van der Waals surface area contributed by atoms with Crippen molar-refractivity contribution < 1.29 is 33.9 Å². The van der Waals surface area contributed by atoms with Crippen molar-refractivity contribution in [1.29, 1.82) is 0 Å². The Kier molecular flexibility index (Phi) is 11.0. The summed E-state index contributed by atoms with van der Waals surface area (Å²) in [5.74, 6) is -0.765. The Morgan fingerprint density at radius 1 is 0.880 bits per heavy atom. The molecule has 1 aromatic rings. The number of ether oxygens (including phenoxy) is 2. The first-order valence-corrected chi connectivity index (χ1v) is 8.56. The molecule has 0 bridgehead atoms. The fraction of sp³-hybridized carbons (Fsp3) is 0.556. The van der Waals surface area contributed by atoms with E-state index < -0.39 is 12.1 Å². The Bertz CT molecular complexity index is 499. The van der Waals surface area contributed by atoms with Gasteiger partial charge in [0.2, 0.25) is 0 Å². The van der Waals surface area contributed by atoms with Crippen LogP contribution in [0.4, 0.5) is 4.79 Å². The monoisotopic (exact) mass is 354 g/mol. The number of benzene rings is 1. The van der Waals surface area contributed by atoms with Crippen molar-refractivity contribution in [3.05, 3.63) is 35.4 Å². The second kappa shape index (κ2) is 13.2. The molecule has 140 valence electrons. The fourth-order valence-electron chi connectivity index (χ4n) is 1.96. The highest BCUT2D eigenvalue weighted by Gasteiger charge is 2.12. The molecule has 0 aliphatic heterocycles. The molecule has 0 heterocycles. The molecular formula is C18H26O7. The number of hydrogen-bond acceptors (Lipinski definition) is 7. The quantitative estimate of drug-likeness (QED) is 0.243. The van der Waals surface area contributed by atoms with Crippen LogP contribution in [0.15, 0.2) is 24.3 Å². The standard InChI is InChI=1S/C18H26O7/c1-3-5-6-7-15-8-10-16(11-9-15)17(19)23-25-24-18(20)22-14-13-21-12-4-2/h8-11H,3-7,12-14H2,1-2H3. The summed E-state index contributed by atoms with van der Waals surface area (Å²) in [6, 6.07) is 6.99. The van der Waals surface area contributed by atoms with Gasteiger partial charge in [0, 0.05) is 6.61 Å². The molecule has 1 aromatic carbocycles. The van der Waals surface area contributed by atoms with Gasteiger partial charge < -0.3 is 9.47 Å². The van der Waals surface area contributed by atoms with E-state index in [0.717, 1.165) is 31.2 Å². The van der Waals surface area contributed by atoms with E-state index in [9.17, 15) is 9.59 Å². The number of carbonyl (C=O) groups excluding carboxylic acids is 2. The van der Waals surface area contributed by atoms with Crippen LogP contribution >= 0.6 is 0 Å².